The lowest BCUT2D eigenvalue weighted by molar-refractivity contribution is -0.326. The van der Waals surface area contributed by atoms with E-state index >= 15 is 0 Å². The lowest BCUT2D eigenvalue weighted by Gasteiger charge is -2.45. The highest BCUT2D eigenvalue weighted by Gasteiger charge is 2.49. The third-order valence-electron chi connectivity index (χ3n) is 7.17. The van der Waals surface area contributed by atoms with Crippen molar-refractivity contribution in [1.82, 2.24) is 0 Å². The molecule has 6 nitrogen and oxygen atoms in total. The number of hydrogen-bond acceptors (Lipinski definition) is 6. The quantitative estimate of drug-likeness (QED) is 0.154. The second kappa shape index (κ2) is 16.7. The van der Waals surface area contributed by atoms with Crippen molar-refractivity contribution in [2.75, 3.05) is 13.2 Å². The molecule has 0 aromatic heterocycles. The van der Waals surface area contributed by atoms with E-state index in [1.807, 2.05) is 121 Å². The Morgan fingerprint density at radius 3 is 1.40 bits per heavy atom. The largest absolute Gasteiger partial charge is 0.374 e. The van der Waals surface area contributed by atoms with Crippen molar-refractivity contribution in [2.24, 2.45) is 0 Å². The van der Waals surface area contributed by atoms with Crippen LogP contribution in [0.1, 0.15) is 22.3 Å². The van der Waals surface area contributed by atoms with E-state index in [1.165, 1.54) is 0 Å². The van der Waals surface area contributed by atoms with Crippen molar-refractivity contribution < 1.29 is 28.4 Å². The monoisotopic (exact) mass is 578 g/mol. The predicted octanol–water partition coefficient (Wildman–Crippen LogP) is 6.33. The molecule has 1 aliphatic heterocycles. The van der Waals surface area contributed by atoms with Crippen LogP contribution in [0, 0.1) is 12.3 Å². The molecule has 1 saturated heterocycles. The molecule has 5 atom stereocenters. The van der Waals surface area contributed by atoms with Gasteiger partial charge in [-0.25, -0.2) is 0 Å². The Morgan fingerprint density at radius 1 is 0.512 bits per heavy atom. The van der Waals surface area contributed by atoms with Gasteiger partial charge in [0.1, 0.15) is 31.0 Å². The van der Waals surface area contributed by atoms with Crippen molar-refractivity contribution in [3.63, 3.8) is 0 Å². The number of ether oxygens (including phenoxy) is 6. The van der Waals surface area contributed by atoms with Crippen LogP contribution in [0.4, 0.5) is 0 Å². The van der Waals surface area contributed by atoms with E-state index in [9.17, 15) is 0 Å². The lowest BCUT2D eigenvalue weighted by Crippen LogP contribution is -2.61. The molecule has 0 saturated carbocycles. The highest BCUT2D eigenvalue weighted by atomic mass is 16.7. The molecule has 6 heteroatoms. The summed E-state index contributed by atoms with van der Waals surface area (Å²) in [5.41, 5.74) is 4.17. The van der Waals surface area contributed by atoms with Crippen LogP contribution in [0.25, 0.3) is 0 Å². The standard InChI is InChI=1S/C37H38O6/c1-2-23-39-37-36(42-27-32-21-13-6-14-22-32)35(41-26-31-19-11-5-12-20-31)34(40-25-30-17-9-4-10-18-30)33(43-37)28-38-24-29-15-7-3-8-16-29/h1,3-22,33-37H,23-28H2/t33?,34-,35?,36?,37+/m1/s1. The van der Waals surface area contributed by atoms with Crippen molar-refractivity contribution in [3.05, 3.63) is 144 Å². The van der Waals surface area contributed by atoms with E-state index in [4.69, 9.17) is 34.8 Å². The Hall–Kier alpha value is -3.80. The van der Waals surface area contributed by atoms with Crippen LogP contribution in [-0.4, -0.2) is 43.9 Å². The minimum Gasteiger partial charge on any atom is -0.374 e. The van der Waals surface area contributed by atoms with Gasteiger partial charge in [0.05, 0.1) is 33.0 Å². The van der Waals surface area contributed by atoms with Crippen LogP contribution in [0.3, 0.4) is 0 Å². The Balaban J connectivity index is 1.41. The van der Waals surface area contributed by atoms with E-state index in [-0.39, 0.29) is 13.2 Å². The Kier molecular flexibility index (Phi) is 11.9. The van der Waals surface area contributed by atoms with Gasteiger partial charge in [0, 0.05) is 0 Å². The third-order valence-corrected chi connectivity index (χ3v) is 7.17. The summed E-state index contributed by atoms with van der Waals surface area (Å²) in [7, 11) is 0. The zero-order valence-corrected chi connectivity index (χ0v) is 24.2. The van der Waals surface area contributed by atoms with Gasteiger partial charge in [0.2, 0.25) is 0 Å². The van der Waals surface area contributed by atoms with Gasteiger partial charge in [-0.05, 0) is 22.3 Å². The summed E-state index contributed by atoms with van der Waals surface area (Å²) in [5.74, 6) is 2.56. The van der Waals surface area contributed by atoms with Gasteiger partial charge in [-0.2, -0.15) is 0 Å². The lowest BCUT2D eigenvalue weighted by atomic mass is 9.97. The first kappa shape index (κ1) is 30.7. The molecule has 0 N–H and O–H groups in total. The zero-order chi connectivity index (χ0) is 29.5. The van der Waals surface area contributed by atoms with Crippen LogP contribution < -0.4 is 0 Å². The summed E-state index contributed by atoms with van der Waals surface area (Å²) >= 11 is 0. The molecule has 1 heterocycles. The maximum absolute atomic E-state index is 6.66. The predicted molar refractivity (Wildman–Crippen MR) is 165 cm³/mol. The Bertz CT molecular complexity index is 1360. The highest BCUT2D eigenvalue weighted by molar-refractivity contribution is 5.16. The van der Waals surface area contributed by atoms with Crippen LogP contribution in [0.2, 0.25) is 0 Å². The fourth-order valence-corrected chi connectivity index (χ4v) is 5.01. The van der Waals surface area contributed by atoms with Gasteiger partial charge >= 0.3 is 0 Å². The topological polar surface area (TPSA) is 55.4 Å². The molecule has 0 spiro atoms. The van der Waals surface area contributed by atoms with E-state index in [0.717, 1.165) is 22.3 Å². The van der Waals surface area contributed by atoms with Gasteiger partial charge < -0.3 is 28.4 Å². The van der Waals surface area contributed by atoms with E-state index in [2.05, 4.69) is 5.92 Å². The first-order valence-corrected chi connectivity index (χ1v) is 14.6. The Labute approximate surface area is 254 Å². The molecule has 4 aromatic rings. The average Bonchev–Trinajstić information content (AvgIpc) is 3.07. The first-order valence-electron chi connectivity index (χ1n) is 14.6. The second-order valence-corrected chi connectivity index (χ2v) is 10.3. The van der Waals surface area contributed by atoms with Crippen molar-refractivity contribution in [1.29, 1.82) is 0 Å². The fourth-order valence-electron chi connectivity index (χ4n) is 5.01. The summed E-state index contributed by atoms with van der Waals surface area (Å²) in [4.78, 5) is 0. The fraction of sp³-hybridized carbons (Fsp3) is 0.297. The molecule has 5 rings (SSSR count). The molecular formula is C37H38O6. The molecular weight excluding hydrogens is 540 g/mol. The molecule has 0 amide bonds. The number of hydrogen-bond donors (Lipinski definition) is 0. The SMILES string of the molecule is C#CCO[C@H]1OC(COCc2ccccc2)[C@@H](OCc2ccccc2)C(OCc2ccccc2)C1OCc1ccccc1. The number of benzene rings is 4. The van der Waals surface area contributed by atoms with Gasteiger partial charge in [0.15, 0.2) is 6.29 Å². The van der Waals surface area contributed by atoms with E-state index in [0.29, 0.717) is 26.4 Å². The Morgan fingerprint density at radius 2 is 0.930 bits per heavy atom. The van der Waals surface area contributed by atoms with Crippen LogP contribution in [0.5, 0.6) is 0 Å². The molecule has 0 aliphatic carbocycles. The molecule has 1 aliphatic rings. The smallest absolute Gasteiger partial charge is 0.188 e. The minimum absolute atomic E-state index is 0.0639. The molecule has 3 unspecified atom stereocenters. The second-order valence-electron chi connectivity index (χ2n) is 10.3. The van der Waals surface area contributed by atoms with Crippen LogP contribution >= 0.6 is 0 Å². The summed E-state index contributed by atoms with van der Waals surface area (Å²) in [6.45, 7) is 1.84. The summed E-state index contributed by atoms with van der Waals surface area (Å²) in [6, 6.07) is 40.1. The third kappa shape index (κ3) is 9.34. The minimum atomic E-state index is -0.789. The zero-order valence-electron chi connectivity index (χ0n) is 24.2. The maximum Gasteiger partial charge on any atom is 0.188 e. The molecule has 1 fully saturated rings. The average molecular weight is 579 g/mol. The van der Waals surface area contributed by atoms with E-state index in [1.54, 1.807) is 0 Å². The summed E-state index contributed by atoms with van der Waals surface area (Å²) in [5, 5.41) is 0. The molecule has 0 bridgehead atoms. The number of rotatable bonds is 15. The van der Waals surface area contributed by atoms with Gasteiger partial charge in [-0.3, -0.25) is 0 Å². The summed E-state index contributed by atoms with van der Waals surface area (Å²) in [6.07, 6.45) is 2.61. The normalized spacial score (nSPS) is 21.7. The summed E-state index contributed by atoms with van der Waals surface area (Å²) < 4.78 is 38.6. The van der Waals surface area contributed by atoms with Gasteiger partial charge in [0.25, 0.3) is 0 Å². The number of terminal acetylenes is 1. The van der Waals surface area contributed by atoms with Crippen molar-refractivity contribution in [2.45, 2.75) is 57.1 Å². The molecule has 0 radical (unpaired) electrons. The highest BCUT2D eigenvalue weighted by Crippen LogP contribution is 2.31. The van der Waals surface area contributed by atoms with Crippen LogP contribution in [-0.2, 0) is 54.8 Å². The molecule has 4 aromatic carbocycles. The van der Waals surface area contributed by atoms with Crippen molar-refractivity contribution >= 4 is 0 Å². The molecule has 43 heavy (non-hydrogen) atoms. The van der Waals surface area contributed by atoms with Crippen LogP contribution in [0.15, 0.2) is 121 Å². The van der Waals surface area contributed by atoms with Gasteiger partial charge in [-0.15, -0.1) is 6.42 Å². The molecule has 222 valence electrons. The maximum atomic E-state index is 6.66. The van der Waals surface area contributed by atoms with Crippen molar-refractivity contribution in [3.8, 4) is 12.3 Å². The first-order chi connectivity index (χ1) is 21.3. The van der Waals surface area contributed by atoms with Gasteiger partial charge in [-0.1, -0.05) is 127 Å². The van der Waals surface area contributed by atoms with E-state index < -0.39 is 30.7 Å².